The van der Waals surface area contributed by atoms with Crippen LogP contribution in [0.4, 0.5) is 4.79 Å². The summed E-state index contributed by atoms with van der Waals surface area (Å²) in [6.07, 6.45) is 0.292. The summed E-state index contributed by atoms with van der Waals surface area (Å²) in [4.78, 5) is 31.1. The van der Waals surface area contributed by atoms with Crippen molar-refractivity contribution in [3.05, 3.63) is 0 Å². The van der Waals surface area contributed by atoms with Crippen molar-refractivity contribution in [3.8, 4) is 0 Å². The van der Waals surface area contributed by atoms with Gasteiger partial charge in [-0.3, -0.25) is 9.63 Å². The third kappa shape index (κ3) is 4.59. The Morgan fingerprint density at radius 3 is 2.29 bits per heavy atom. The molecule has 1 aliphatic rings. The Hall–Kier alpha value is -1.30. The summed E-state index contributed by atoms with van der Waals surface area (Å²) in [5.41, 5.74) is -0.830. The van der Waals surface area contributed by atoms with Gasteiger partial charge in [0.25, 0.3) is 0 Å². The summed E-state index contributed by atoms with van der Waals surface area (Å²) >= 11 is 0. The van der Waals surface area contributed by atoms with Gasteiger partial charge in [0.05, 0.1) is 7.11 Å². The van der Waals surface area contributed by atoms with Crippen molar-refractivity contribution < 1.29 is 19.2 Å². The highest BCUT2D eigenvalue weighted by Gasteiger charge is 2.43. The van der Waals surface area contributed by atoms with Crippen LogP contribution < -0.4 is 0 Å². The minimum absolute atomic E-state index is 0.0497. The Morgan fingerprint density at radius 1 is 1.29 bits per heavy atom. The lowest BCUT2D eigenvalue weighted by Gasteiger charge is -2.44. The Balaban J connectivity index is 2.75. The number of hydrogen-bond acceptors (Lipinski definition) is 4. The topological polar surface area (TPSA) is 59.1 Å². The number of carbonyl (C=O) groups is 2. The highest BCUT2D eigenvalue weighted by molar-refractivity contribution is 5.79. The minimum atomic E-state index is -0.510. The number of hydrogen-bond donors (Lipinski definition) is 0. The first-order valence-electron chi connectivity index (χ1n) is 7.27. The summed E-state index contributed by atoms with van der Waals surface area (Å²) in [6.45, 7) is 10.5. The van der Waals surface area contributed by atoms with Crippen molar-refractivity contribution in [2.45, 2.75) is 46.6 Å². The van der Waals surface area contributed by atoms with Gasteiger partial charge in [-0.2, -0.15) is 0 Å². The van der Waals surface area contributed by atoms with Crippen LogP contribution in [0.25, 0.3) is 0 Å². The average Bonchev–Trinajstić information content (AvgIpc) is 2.33. The molecular formula is C15H28N2O4. The first kappa shape index (κ1) is 17.8. The highest BCUT2D eigenvalue weighted by atomic mass is 16.7. The summed E-state index contributed by atoms with van der Waals surface area (Å²) < 4.78 is 5.40. The van der Waals surface area contributed by atoms with Crippen molar-refractivity contribution in [2.75, 3.05) is 27.2 Å². The SMILES string of the molecule is CON(C)C(=O)C1CCN(C(=O)OC(C)(C)C)CC1(C)C. The van der Waals surface area contributed by atoms with E-state index in [9.17, 15) is 9.59 Å². The van der Waals surface area contributed by atoms with Crippen molar-refractivity contribution >= 4 is 12.0 Å². The summed E-state index contributed by atoms with van der Waals surface area (Å²) in [5, 5.41) is 1.26. The van der Waals surface area contributed by atoms with Crippen LogP contribution in [-0.4, -0.2) is 54.8 Å². The lowest BCUT2D eigenvalue weighted by molar-refractivity contribution is -0.179. The van der Waals surface area contributed by atoms with E-state index in [0.717, 1.165) is 0 Å². The average molecular weight is 300 g/mol. The Bertz CT molecular complexity index is 401. The molecule has 0 aliphatic carbocycles. The number of likely N-dealkylation sites (tertiary alicyclic amines) is 1. The van der Waals surface area contributed by atoms with Gasteiger partial charge in [-0.1, -0.05) is 13.8 Å². The molecule has 2 amide bonds. The minimum Gasteiger partial charge on any atom is -0.444 e. The second-order valence-electron chi connectivity index (χ2n) is 7.25. The molecule has 0 N–H and O–H groups in total. The van der Waals surface area contributed by atoms with Crippen LogP contribution in [0.5, 0.6) is 0 Å². The first-order valence-corrected chi connectivity index (χ1v) is 7.27. The normalized spacial score (nSPS) is 21.9. The molecule has 1 unspecified atom stereocenters. The van der Waals surface area contributed by atoms with E-state index in [1.165, 1.54) is 12.2 Å². The maximum atomic E-state index is 12.3. The van der Waals surface area contributed by atoms with E-state index in [0.29, 0.717) is 19.5 Å². The molecule has 0 aromatic carbocycles. The van der Waals surface area contributed by atoms with E-state index in [-0.39, 0.29) is 23.3 Å². The number of amides is 2. The van der Waals surface area contributed by atoms with E-state index in [1.807, 2.05) is 34.6 Å². The molecule has 0 aromatic heterocycles. The second kappa shape index (κ2) is 6.22. The van der Waals surface area contributed by atoms with Gasteiger partial charge in [-0.15, -0.1) is 0 Å². The van der Waals surface area contributed by atoms with Crippen LogP contribution >= 0.6 is 0 Å². The van der Waals surface area contributed by atoms with Gasteiger partial charge in [-0.05, 0) is 32.6 Å². The van der Waals surface area contributed by atoms with Gasteiger partial charge >= 0.3 is 6.09 Å². The molecule has 0 saturated carbocycles. The second-order valence-corrected chi connectivity index (χ2v) is 7.25. The third-order valence-corrected chi connectivity index (χ3v) is 3.76. The van der Waals surface area contributed by atoms with Crippen molar-refractivity contribution in [3.63, 3.8) is 0 Å². The maximum Gasteiger partial charge on any atom is 0.410 e. The number of carbonyl (C=O) groups excluding carboxylic acids is 2. The molecular weight excluding hydrogens is 272 g/mol. The lowest BCUT2D eigenvalue weighted by atomic mass is 9.73. The van der Waals surface area contributed by atoms with Crippen molar-refractivity contribution in [1.82, 2.24) is 9.96 Å². The Kier molecular flexibility index (Phi) is 5.25. The Morgan fingerprint density at radius 2 is 1.86 bits per heavy atom. The van der Waals surface area contributed by atoms with Crippen LogP contribution in [0.1, 0.15) is 41.0 Å². The van der Waals surface area contributed by atoms with Gasteiger partial charge in [0.2, 0.25) is 5.91 Å². The molecule has 0 spiro atoms. The summed E-state index contributed by atoms with van der Waals surface area (Å²) in [5.74, 6) is -0.215. The van der Waals surface area contributed by atoms with Crippen molar-refractivity contribution in [1.29, 1.82) is 0 Å². The standard InChI is InChI=1S/C15H28N2O4/c1-14(2,3)21-13(19)17-9-8-11(15(4,5)10-17)12(18)16(6)20-7/h11H,8-10H2,1-7H3. The van der Waals surface area contributed by atoms with E-state index >= 15 is 0 Å². The predicted octanol–water partition coefficient (Wildman–Crippen LogP) is 2.29. The molecule has 0 radical (unpaired) electrons. The summed E-state index contributed by atoms with van der Waals surface area (Å²) in [6, 6.07) is 0. The van der Waals surface area contributed by atoms with Gasteiger partial charge in [0.1, 0.15) is 5.60 Å². The van der Waals surface area contributed by atoms with Crippen LogP contribution in [0, 0.1) is 11.3 Å². The number of nitrogens with zero attached hydrogens (tertiary/aromatic N) is 2. The zero-order valence-electron chi connectivity index (χ0n) is 14.2. The third-order valence-electron chi connectivity index (χ3n) is 3.76. The molecule has 122 valence electrons. The van der Waals surface area contributed by atoms with Gasteiger partial charge < -0.3 is 9.64 Å². The predicted molar refractivity (Wildman–Crippen MR) is 79.5 cm³/mol. The van der Waals surface area contributed by atoms with Gasteiger partial charge in [0.15, 0.2) is 0 Å². The molecule has 1 heterocycles. The van der Waals surface area contributed by atoms with E-state index in [2.05, 4.69) is 0 Å². The van der Waals surface area contributed by atoms with Crippen LogP contribution in [0.15, 0.2) is 0 Å². The molecule has 1 saturated heterocycles. The number of piperidine rings is 1. The number of ether oxygens (including phenoxy) is 1. The van der Waals surface area contributed by atoms with E-state index in [1.54, 1.807) is 11.9 Å². The van der Waals surface area contributed by atoms with E-state index < -0.39 is 5.60 Å². The van der Waals surface area contributed by atoms with Crippen molar-refractivity contribution in [2.24, 2.45) is 11.3 Å². The molecule has 1 fully saturated rings. The molecule has 6 nitrogen and oxygen atoms in total. The molecule has 6 heteroatoms. The monoisotopic (exact) mass is 300 g/mol. The largest absolute Gasteiger partial charge is 0.444 e. The fourth-order valence-corrected chi connectivity index (χ4v) is 2.61. The molecule has 0 bridgehead atoms. The zero-order chi connectivity index (χ0) is 16.4. The number of rotatable bonds is 2. The smallest absolute Gasteiger partial charge is 0.410 e. The number of hydroxylamine groups is 2. The molecule has 21 heavy (non-hydrogen) atoms. The van der Waals surface area contributed by atoms with Gasteiger partial charge in [0, 0.05) is 26.1 Å². The maximum absolute atomic E-state index is 12.3. The molecule has 1 atom stereocenters. The quantitative estimate of drug-likeness (QED) is 0.734. The van der Waals surface area contributed by atoms with Crippen LogP contribution in [0.2, 0.25) is 0 Å². The molecule has 1 rings (SSSR count). The highest BCUT2D eigenvalue weighted by Crippen LogP contribution is 2.36. The molecule has 1 aliphatic heterocycles. The first-order chi connectivity index (χ1) is 9.48. The van der Waals surface area contributed by atoms with Crippen LogP contribution in [0.3, 0.4) is 0 Å². The fraction of sp³-hybridized carbons (Fsp3) is 0.867. The summed E-state index contributed by atoms with van der Waals surface area (Å²) in [7, 11) is 3.08. The lowest BCUT2D eigenvalue weighted by Crippen LogP contribution is -2.53. The zero-order valence-corrected chi connectivity index (χ0v) is 14.2. The van der Waals surface area contributed by atoms with Gasteiger partial charge in [-0.25, -0.2) is 9.86 Å². The molecule has 0 aromatic rings. The fourth-order valence-electron chi connectivity index (χ4n) is 2.61. The van der Waals surface area contributed by atoms with Crippen LogP contribution in [-0.2, 0) is 14.4 Å². The Labute approximate surface area is 127 Å². The van der Waals surface area contributed by atoms with E-state index in [4.69, 9.17) is 9.57 Å².